The molecule has 5 rings (SSSR count). The minimum absolute atomic E-state index is 0. The van der Waals surface area contributed by atoms with Gasteiger partial charge in [0.25, 0.3) is 0 Å². The average molecular weight is 469 g/mol. The van der Waals surface area contributed by atoms with Gasteiger partial charge >= 0.3 is 5.97 Å². The fraction of sp³-hybridized carbons (Fsp3) is 0.269. The number of fused-ring (bicyclic) bond motifs is 3. The summed E-state index contributed by atoms with van der Waals surface area (Å²) in [5.74, 6) is -0.853. The number of benzene rings is 3. The number of rotatable bonds is 4. The minimum atomic E-state index is -0.853. The Balaban J connectivity index is 0.00000245. The van der Waals surface area contributed by atoms with E-state index in [0.717, 1.165) is 49.6 Å². The van der Waals surface area contributed by atoms with Gasteiger partial charge in [0.1, 0.15) is 0 Å². The summed E-state index contributed by atoms with van der Waals surface area (Å²) in [6.45, 7) is 3.90. The first-order valence-electron chi connectivity index (χ1n) is 10.8. The van der Waals surface area contributed by atoms with Crippen molar-refractivity contribution in [1.29, 1.82) is 0 Å². The molecule has 2 heterocycles. The van der Waals surface area contributed by atoms with Crippen molar-refractivity contribution in [2.45, 2.75) is 25.4 Å². The number of anilines is 1. The third-order valence-electron chi connectivity index (χ3n) is 6.52. The number of nitrogens with zero attached hydrogens (tertiary/aromatic N) is 2. The monoisotopic (exact) mass is 468 g/mol. The van der Waals surface area contributed by atoms with Crippen molar-refractivity contribution in [3.8, 4) is 11.1 Å². The summed E-state index contributed by atoms with van der Waals surface area (Å²) < 4.78 is 0. The second-order valence-electron chi connectivity index (χ2n) is 8.43. The Morgan fingerprint density at radius 3 is 2.59 bits per heavy atom. The number of hydrogen-bond acceptors (Lipinski definition) is 3. The molecule has 6 heteroatoms. The number of aromatic carboxylic acids is 1. The number of piperazine rings is 1. The van der Waals surface area contributed by atoms with E-state index in [1.807, 2.05) is 24.3 Å². The zero-order valence-corrected chi connectivity index (χ0v) is 19.3. The maximum absolute atomic E-state index is 11.3. The molecule has 1 saturated heterocycles. The molecule has 2 aliphatic rings. The third kappa shape index (κ3) is 4.49. The zero-order valence-electron chi connectivity index (χ0n) is 17.7. The van der Waals surface area contributed by atoms with Gasteiger partial charge in [-0.3, -0.25) is 4.90 Å². The lowest BCUT2D eigenvalue weighted by Crippen LogP contribution is -2.54. The van der Waals surface area contributed by atoms with E-state index in [-0.39, 0.29) is 12.4 Å². The van der Waals surface area contributed by atoms with E-state index in [4.69, 9.17) is 11.6 Å². The van der Waals surface area contributed by atoms with Crippen LogP contribution in [-0.4, -0.2) is 41.7 Å². The second kappa shape index (κ2) is 9.53. The molecule has 1 N–H and O–H groups in total. The summed E-state index contributed by atoms with van der Waals surface area (Å²) in [6, 6.07) is 22.7. The van der Waals surface area contributed by atoms with Gasteiger partial charge in [-0.05, 0) is 65.4 Å². The van der Waals surface area contributed by atoms with Crippen LogP contribution in [0.2, 0.25) is 5.02 Å². The number of carboxylic acids is 1. The Morgan fingerprint density at radius 2 is 1.81 bits per heavy atom. The van der Waals surface area contributed by atoms with Crippen molar-refractivity contribution in [3.63, 3.8) is 0 Å². The fourth-order valence-electron chi connectivity index (χ4n) is 4.96. The van der Waals surface area contributed by atoms with E-state index < -0.39 is 5.97 Å². The summed E-state index contributed by atoms with van der Waals surface area (Å²) in [7, 11) is 0. The van der Waals surface area contributed by atoms with Gasteiger partial charge in [0.15, 0.2) is 0 Å². The van der Waals surface area contributed by atoms with Crippen LogP contribution in [0.3, 0.4) is 0 Å². The van der Waals surface area contributed by atoms with E-state index in [9.17, 15) is 9.90 Å². The first kappa shape index (κ1) is 22.7. The van der Waals surface area contributed by atoms with Gasteiger partial charge in [0.05, 0.1) is 5.56 Å². The van der Waals surface area contributed by atoms with E-state index in [0.29, 0.717) is 11.6 Å². The molecule has 3 aromatic carbocycles. The third-order valence-corrected chi connectivity index (χ3v) is 6.77. The first-order valence-corrected chi connectivity index (χ1v) is 11.2. The Bertz CT molecular complexity index is 1120. The molecule has 0 unspecified atom stereocenters. The largest absolute Gasteiger partial charge is 0.478 e. The fourth-order valence-corrected chi connectivity index (χ4v) is 5.08. The molecule has 0 spiro atoms. The predicted molar refractivity (Wildman–Crippen MR) is 132 cm³/mol. The maximum Gasteiger partial charge on any atom is 0.335 e. The highest BCUT2D eigenvalue weighted by Crippen LogP contribution is 2.34. The number of halogens is 2. The lowest BCUT2D eigenvalue weighted by Gasteiger charge is -2.46. The second-order valence-corrected chi connectivity index (χ2v) is 8.87. The zero-order chi connectivity index (χ0) is 21.4. The number of carbonyl (C=O) groups is 1. The van der Waals surface area contributed by atoms with Crippen LogP contribution < -0.4 is 4.90 Å². The lowest BCUT2D eigenvalue weighted by molar-refractivity contribution is 0.0696. The number of carboxylic acid groups (broad SMARTS) is 1. The standard InChI is InChI=1S/C26H25ClN2O2.ClH/c27-22-9-5-18(6-10-22)24-4-2-1-3-21(24)16-28-13-14-29-23(17-28)11-7-19-15-20(26(30)31)8-12-25(19)29;/h1-6,8-10,12,15,23H,7,11,13-14,16-17H2,(H,30,31);1H/t23-;/m1./s1. The molecule has 0 aliphatic carbocycles. The van der Waals surface area contributed by atoms with Gasteiger partial charge in [-0.15, -0.1) is 12.4 Å². The molecule has 0 radical (unpaired) electrons. The molecule has 0 saturated carbocycles. The van der Waals surface area contributed by atoms with Crippen LogP contribution >= 0.6 is 24.0 Å². The summed E-state index contributed by atoms with van der Waals surface area (Å²) >= 11 is 6.08. The van der Waals surface area contributed by atoms with Crippen LogP contribution in [-0.2, 0) is 13.0 Å². The van der Waals surface area contributed by atoms with Crippen LogP contribution in [0, 0.1) is 0 Å². The average Bonchev–Trinajstić information content (AvgIpc) is 2.79. The molecule has 0 bridgehead atoms. The lowest BCUT2D eigenvalue weighted by atomic mass is 9.92. The van der Waals surface area contributed by atoms with Crippen LogP contribution in [0.4, 0.5) is 5.69 Å². The number of aryl methyl sites for hydroxylation is 1. The molecule has 1 fully saturated rings. The van der Waals surface area contributed by atoms with E-state index >= 15 is 0 Å². The van der Waals surface area contributed by atoms with Gasteiger partial charge < -0.3 is 10.0 Å². The van der Waals surface area contributed by atoms with Crippen molar-refractivity contribution >= 4 is 35.7 Å². The van der Waals surface area contributed by atoms with Crippen LogP contribution in [0.15, 0.2) is 66.7 Å². The molecular weight excluding hydrogens is 443 g/mol. The smallest absolute Gasteiger partial charge is 0.335 e. The molecule has 32 heavy (non-hydrogen) atoms. The molecular formula is C26H26Cl2N2O2. The summed E-state index contributed by atoms with van der Waals surface area (Å²) in [5, 5.41) is 10.0. The van der Waals surface area contributed by atoms with Crippen molar-refractivity contribution in [2.75, 3.05) is 24.5 Å². The Morgan fingerprint density at radius 1 is 1.03 bits per heavy atom. The highest BCUT2D eigenvalue weighted by atomic mass is 35.5. The van der Waals surface area contributed by atoms with Gasteiger partial charge in [0.2, 0.25) is 0 Å². The van der Waals surface area contributed by atoms with E-state index in [2.05, 4.69) is 46.2 Å². The molecule has 0 amide bonds. The molecule has 4 nitrogen and oxygen atoms in total. The van der Waals surface area contributed by atoms with E-state index in [1.165, 1.54) is 22.4 Å². The van der Waals surface area contributed by atoms with Gasteiger partial charge in [0, 0.05) is 42.9 Å². The molecule has 2 aliphatic heterocycles. The summed E-state index contributed by atoms with van der Waals surface area (Å²) in [4.78, 5) is 16.3. The Hall–Kier alpha value is -2.53. The normalized spacial score (nSPS) is 17.8. The summed E-state index contributed by atoms with van der Waals surface area (Å²) in [5.41, 5.74) is 6.55. The predicted octanol–water partition coefficient (Wildman–Crippen LogP) is 5.76. The Labute approximate surface area is 199 Å². The van der Waals surface area contributed by atoms with Crippen molar-refractivity contribution < 1.29 is 9.90 Å². The van der Waals surface area contributed by atoms with Gasteiger partial charge in [-0.1, -0.05) is 48.0 Å². The van der Waals surface area contributed by atoms with E-state index in [1.54, 1.807) is 6.07 Å². The van der Waals surface area contributed by atoms with Crippen molar-refractivity contribution in [2.24, 2.45) is 0 Å². The molecule has 166 valence electrons. The van der Waals surface area contributed by atoms with Gasteiger partial charge in [-0.2, -0.15) is 0 Å². The number of hydrogen-bond donors (Lipinski definition) is 1. The molecule has 3 aromatic rings. The minimum Gasteiger partial charge on any atom is -0.478 e. The molecule has 1 atom stereocenters. The summed E-state index contributed by atoms with van der Waals surface area (Å²) in [6.07, 6.45) is 2.00. The SMILES string of the molecule is Cl.O=C(O)c1ccc2c(c1)CC[C@@H]1CN(Cc3ccccc3-c3ccc(Cl)cc3)CCN21. The quantitative estimate of drug-likeness (QED) is 0.528. The van der Waals surface area contributed by atoms with Crippen LogP contribution in [0.25, 0.3) is 11.1 Å². The van der Waals surface area contributed by atoms with Crippen LogP contribution in [0.1, 0.15) is 27.9 Å². The highest BCUT2D eigenvalue weighted by molar-refractivity contribution is 6.30. The van der Waals surface area contributed by atoms with Gasteiger partial charge in [-0.25, -0.2) is 4.79 Å². The first-order chi connectivity index (χ1) is 15.1. The maximum atomic E-state index is 11.3. The Kier molecular flexibility index (Phi) is 6.75. The van der Waals surface area contributed by atoms with Crippen molar-refractivity contribution in [3.05, 3.63) is 88.4 Å². The highest BCUT2D eigenvalue weighted by Gasteiger charge is 2.32. The van der Waals surface area contributed by atoms with Crippen LogP contribution in [0.5, 0.6) is 0 Å². The molecule has 0 aromatic heterocycles. The van der Waals surface area contributed by atoms with Crippen molar-refractivity contribution in [1.82, 2.24) is 4.90 Å². The topological polar surface area (TPSA) is 43.8 Å².